The zero-order valence-corrected chi connectivity index (χ0v) is 37.1. The molecule has 1 aliphatic heterocycles. The number of fused-ring (bicyclic) bond motifs is 8. The number of anilines is 6. The molecule has 310 valence electrons. The summed E-state index contributed by atoms with van der Waals surface area (Å²) in [6, 6.07) is 67.6. The Kier molecular flexibility index (Phi) is 9.89. The summed E-state index contributed by atoms with van der Waals surface area (Å²) in [6.07, 6.45) is 12.4. The van der Waals surface area contributed by atoms with E-state index < -0.39 is 0 Å². The van der Waals surface area contributed by atoms with Crippen LogP contribution in [0.2, 0.25) is 0 Å². The van der Waals surface area contributed by atoms with E-state index >= 15 is 0 Å². The van der Waals surface area contributed by atoms with Crippen molar-refractivity contribution in [3.63, 3.8) is 0 Å². The van der Waals surface area contributed by atoms with Gasteiger partial charge in [0.15, 0.2) is 0 Å². The van der Waals surface area contributed by atoms with Gasteiger partial charge in [0.2, 0.25) is 0 Å². The maximum absolute atomic E-state index is 2.49. The van der Waals surface area contributed by atoms with Gasteiger partial charge < -0.3 is 9.80 Å². The molecule has 2 heteroatoms. The molecule has 0 N–H and O–H groups in total. The van der Waals surface area contributed by atoms with Crippen LogP contribution in [0.25, 0.3) is 57.0 Å². The minimum atomic E-state index is -0.162. The number of hydrogen-bond acceptors (Lipinski definition) is 2. The van der Waals surface area contributed by atoms with E-state index in [9.17, 15) is 0 Å². The highest BCUT2D eigenvalue weighted by Gasteiger charge is 2.36. The molecule has 2 aliphatic rings. The molecule has 1 aliphatic carbocycles. The Morgan fingerprint density at radius 1 is 0.531 bits per heavy atom. The van der Waals surface area contributed by atoms with Gasteiger partial charge in [-0.2, -0.15) is 0 Å². The monoisotopic (exact) mass is 824 g/mol. The zero-order valence-electron chi connectivity index (χ0n) is 37.1. The van der Waals surface area contributed by atoms with Crippen LogP contribution in [0.1, 0.15) is 78.1 Å². The molecule has 0 unspecified atom stereocenters. The van der Waals surface area contributed by atoms with Crippen LogP contribution in [0.15, 0.2) is 182 Å². The van der Waals surface area contributed by atoms with Crippen molar-refractivity contribution >= 4 is 80.0 Å². The predicted molar refractivity (Wildman–Crippen MR) is 276 cm³/mol. The van der Waals surface area contributed by atoms with Crippen LogP contribution in [0.5, 0.6) is 0 Å². The van der Waals surface area contributed by atoms with Crippen LogP contribution in [0.4, 0.5) is 34.1 Å². The summed E-state index contributed by atoms with van der Waals surface area (Å²) in [4.78, 5) is 4.89. The quantitative estimate of drug-likeness (QED) is 0.106. The predicted octanol–water partition coefficient (Wildman–Crippen LogP) is 17.5. The molecule has 1 heterocycles. The van der Waals surface area contributed by atoms with Crippen molar-refractivity contribution in [3.05, 3.63) is 226 Å². The first-order valence-electron chi connectivity index (χ1n) is 22.9. The summed E-state index contributed by atoms with van der Waals surface area (Å²) >= 11 is 0. The van der Waals surface area contributed by atoms with E-state index in [0.29, 0.717) is 0 Å². The van der Waals surface area contributed by atoms with Crippen LogP contribution in [0, 0.1) is 6.92 Å². The second-order valence-corrected chi connectivity index (χ2v) is 18.1. The Balaban J connectivity index is 0.889. The molecule has 0 amide bonds. The summed E-state index contributed by atoms with van der Waals surface area (Å²) in [5, 5.41) is 5.00. The molecule has 0 atom stereocenters. The molecular weight excluding hydrogens is 773 g/mol. The van der Waals surface area contributed by atoms with Crippen LogP contribution in [0.3, 0.4) is 0 Å². The number of rotatable bonds is 9. The molecule has 0 saturated carbocycles. The van der Waals surface area contributed by atoms with Crippen molar-refractivity contribution in [2.24, 2.45) is 0 Å². The first-order valence-corrected chi connectivity index (χ1v) is 22.9. The third kappa shape index (κ3) is 6.82. The normalized spacial score (nSPS) is 13.5. The van der Waals surface area contributed by atoms with E-state index in [-0.39, 0.29) is 5.41 Å². The van der Waals surface area contributed by atoms with Gasteiger partial charge in [-0.3, -0.25) is 0 Å². The SMILES string of the molecule is CCCCc1ccccc1N(c1ccc2c(c1)C(C)(C)c1cc(/C=C/c3ccc4c(ccc5cc(N6c7ccccc7C=Cc7ccccc76)ccc54)c3)ccc1-2)c1ccccc1C. The van der Waals surface area contributed by atoms with Gasteiger partial charge in [0.05, 0.1) is 11.4 Å². The van der Waals surface area contributed by atoms with Crippen molar-refractivity contribution in [1.29, 1.82) is 0 Å². The summed E-state index contributed by atoms with van der Waals surface area (Å²) in [5.41, 5.74) is 19.9. The molecule has 2 nitrogen and oxygen atoms in total. The van der Waals surface area contributed by atoms with Gasteiger partial charge >= 0.3 is 0 Å². The van der Waals surface area contributed by atoms with Crippen LogP contribution in [-0.2, 0) is 11.8 Å². The minimum Gasteiger partial charge on any atom is -0.310 e. The van der Waals surface area contributed by atoms with Gasteiger partial charge in [-0.25, -0.2) is 0 Å². The van der Waals surface area contributed by atoms with E-state index in [1.54, 1.807) is 0 Å². The van der Waals surface area contributed by atoms with Crippen molar-refractivity contribution in [2.75, 3.05) is 9.80 Å². The number of nitrogens with zero attached hydrogens (tertiary/aromatic N) is 2. The smallest absolute Gasteiger partial charge is 0.0534 e. The lowest BCUT2D eigenvalue weighted by molar-refractivity contribution is 0.660. The maximum atomic E-state index is 2.49. The summed E-state index contributed by atoms with van der Waals surface area (Å²) in [7, 11) is 0. The third-order valence-electron chi connectivity index (χ3n) is 13.7. The number of aryl methyl sites for hydroxylation is 2. The molecule has 11 rings (SSSR count). The van der Waals surface area contributed by atoms with E-state index in [4.69, 9.17) is 0 Å². The lowest BCUT2D eigenvalue weighted by Crippen LogP contribution is -2.17. The van der Waals surface area contributed by atoms with Crippen LogP contribution < -0.4 is 9.80 Å². The average Bonchev–Trinajstić information content (AvgIpc) is 3.43. The second-order valence-electron chi connectivity index (χ2n) is 18.1. The molecule has 0 saturated heterocycles. The second kappa shape index (κ2) is 16.0. The Bertz CT molecular complexity index is 3280. The Hall–Kier alpha value is -7.42. The van der Waals surface area contributed by atoms with Gasteiger partial charge in [0.25, 0.3) is 0 Å². The average molecular weight is 825 g/mol. The molecule has 9 aromatic rings. The highest BCUT2D eigenvalue weighted by atomic mass is 15.2. The van der Waals surface area contributed by atoms with Crippen molar-refractivity contribution in [1.82, 2.24) is 0 Å². The minimum absolute atomic E-state index is 0.162. The first-order chi connectivity index (χ1) is 31.4. The lowest BCUT2D eigenvalue weighted by Gasteiger charge is -2.30. The number of hydrogen-bond donors (Lipinski definition) is 0. The number of unbranched alkanes of at least 4 members (excludes halogenated alkanes) is 1. The maximum Gasteiger partial charge on any atom is 0.0534 e. The molecule has 0 bridgehead atoms. The van der Waals surface area contributed by atoms with Crippen molar-refractivity contribution < 1.29 is 0 Å². The Morgan fingerprint density at radius 2 is 1.11 bits per heavy atom. The number of benzene rings is 9. The molecular formula is C62H52N2. The van der Waals surface area contributed by atoms with Gasteiger partial charge in [0, 0.05) is 28.2 Å². The molecule has 0 spiro atoms. The molecule has 0 aromatic heterocycles. The van der Waals surface area contributed by atoms with Crippen LogP contribution >= 0.6 is 0 Å². The first kappa shape index (κ1) is 39.4. The standard InChI is InChI=1S/C62H52N2/c1-5-6-16-45-17-8-12-21-59(45)63(58-20-11-7-15-42(58)2)51-33-37-55-54-35-27-44(39-56(54)62(3,4)57(55)41-51)25-24-43-26-34-52-48(38-43)30-31-49-40-50(32-36-53(49)52)64-60-22-13-9-18-46(60)28-29-47-19-10-14-23-61(47)64/h7-15,17-41H,5-6,16H2,1-4H3/b25-24+. The van der Waals surface area contributed by atoms with Crippen molar-refractivity contribution in [2.45, 2.75) is 52.4 Å². The van der Waals surface area contributed by atoms with Gasteiger partial charge in [-0.05, 0) is 152 Å². The van der Waals surface area contributed by atoms with Gasteiger partial charge in [0.1, 0.15) is 0 Å². The fraction of sp³-hybridized carbons (Fsp3) is 0.129. The number of para-hydroxylation sites is 4. The highest BCUT2D eigenvalue weighted by molar-refractivity contribution is 6.09. The molecule has 0 fully saturated rings. The van der Waals surface area contributed by atoms with Crippen molar-refractivity contribution in [3.8, 4) is 11.1 Å². The molecule has 9 aromatic carbocycles. The third-order valence-corrected chi connectivity index (χ3v) is 13.7. The molecule has 0 radical (unpaired) electrons. The fourth-order valence-corrected chi connectivity index (χ4v) is 10.3. The highest BCUT2D eigenvalue weighted by Crippen LogP contribution is 2.52. The molecule has 64 heavy (non-hydrogen) atoms. The summed E-state index contributed by atoms with van der Waals surface area (Å²) < 4.78 is 0. The van der Waals surface area contributed by atoms with E-state index in [0.717, 1.165) is 12.1 Å². The van der Waals surface area contributed by atoms with Crippen LogP contribution in [-0.4, -0.2) is 0 Å². The fourth-order valence-electron chi connectivity index (χ4n) is 10.3. The lowest BCUT2D eigenvalue weighted by atomic mass is 9.81. The summed E-state index contributed by atoms with van der Waals surface area (Å²) in [6.45, 7) is 9.28. The Labute approximate surface area is 378 Å². The van der Waals surface area contributed by atoms with E-state index in [1.165, 1.54) is 118 Å². The summed E-state index contributed by atoms with van der Waals surface area (Å²) in [5.74, 6) is 0. The Morgan fingerprint density at radius 3 is 1.83 bits per heavy atom. The topological polar surface area (TPSA) is 6.48 Å². The van der Waals surface area contributed by atoms with E-state index in [2.05, 4.69) is 244 Å². The zero-order chi connectivity index (χ0) is 43.4. The van der Waals surface area contributed by atoms with E-state index in [1.807, 2.05) is 0 Å². The van der Waals surface area contributed by atoms with Gasteiger partial charge in [-0.15, -0.1) is 0 Å². The van der Waals surface area contributed by atoms with Gasteiger partial charge in [-0.1, -0.05) is 179 Å². The largest absolute Gasteiger partial charge is 0.310 e.